The first-order chi connectivity index (χ1) is 9.66. The normalized spacial score (nSPS) is 21.6. The molecule has 0 bridgehead atoms. The van der Waals surface area contributed by atoms with E-state index >= 15 is 0 Å². The fourth-order valence-electron chi connectivity index (χ4n) is 3.05. The van der Waals surface area contributed by atoms with E-state index in [9.17, 15) is 9.59 Å². The molecule has 5 heteroatoms. The van der Waals surface area contributed by atoms with Crippen LogP contribution >= 0.6 is 0 Å². The van der Waals surface area contributed by atoms with Crippen LogP contribution in [0.1, 0.15) is 27.9 Å². The third-order valence-electron chi connectivity index (χ3n) is 4.20. The van der Waals surface area contributed by atoms with Crippen molar-refractivity contribution < 1.29 is 14.7 Å². The highest BCUT2D eigenvalue weighted by Crippen LogP contribution is 2.23. The van der Waals surface area contributed by atoms with Gasteiger partial charge in [-0.3, -0.25) is 9.59 Å². The predicted octanol–water partition coefficient (Wildman–Crippen LogP) is 0.879. The minimum atomic E-state index is -0.806. The molecular formula is C15H18N2O3. The number of rotatable bonds is 2. The van der Waals surface area contributed by atoms with Crippen LogP contribution < -0.4 is 5.32 Å². The third kappa shape index (κ3) is 2.29. The van der Waals surface area contributed by atoms with E-state index in [4.69, 9.17) is 5.11 Å². The number of benzene rings is 1. The zero-order chi connectivity index (χ0) is 14.1. The highest BCUT2D eigenvalue weighted by Gasteiger charge is 2.32. The maximum atomic E-state index is 12.6. The monoisotopic (exact) mass is 274 g/mol. The van der Waals surface area contributed by atoms with Gasteiger partial charge in [-0.2, -0.15) is 0 Å². The molecule has 106 valence electrons. The van der Waals surface area contributed by atoms with Crippen LogP contribution in [0.3, 0.4) is 0 Å². The van der Waals surface area contributed by atoms with E-state index in [0.29, 0.717) is 19.5 Å². The van der Waals surface area contributed by atoms with E-state index < -0.39 is 11.9 Å². The number of aliphatic carboxylic acids is 1. The summed E-state index contributed by atoms with van der Waals surface area (Å²) in [5.41, 5.74) is 3.04. The summed E-state index contributed by atoms with van der Waals surface area (Å²) < 4.78 is 0. The zero-order valence-electron chi connectivity index (χ0n) is 11.3. The minimum absolute atomic E-state index is 0.0208. The summed E-state index contributed by atoms with van der Waals surface area (Å²) in [6.07, 6.45) is 1.41. The number of fused-ring (bicyclic) bond motifs is 1. The van der Waals surface area contributed by atoms with Gasteiger partial charge in [0.15, 0.2) is 0 Å². The van der Waals surface area contributed by atoms with Crippen molar-refractivity contribution in [3.63, 3.8) is 0 Å². The number of amides is 1. The number of hydrogen-bond acceptors (Lipinski definition) is 3. The maximum Gasteiger partial charge on any atom is 0.308 e. The molecule has 1 atom stereocenters. The second-order valence-electron chi connectivity index (χ2n) is 5.45. The summed E-state index contributed by atoms with van der Waals surface area (Å²) in [5.74, 6) is -1.24. The first kappa shape index (κ1) is 13.1. The molecule has 20 heavy (non-hydrogen) atoms. The molecule has 1 aromatic carbocycles. The Balaban J connectivity index is 1.83. The first-order valence-electron chi connectivity index (χ1n) is 7.00. The molecule has 2 aliphatic heterocycles. The fourth-order valence-corrected chi connectivity index (χ4v) is 3.05. The lowest BCUT2D eigenvalue weighted by Crippen LogP contribution is -2.32. The van der Waals surface area contributed by atoms with E-state index in [0.717, 1.165) is 30.6 Å². The molecule has 2 heterocycles. The topological polar surface area (TPSA) is 69.6 Å². The molecule has 0 saturated carbocycles. The Kier molecular flexibility index (Phi) is 3.44. The second kappa shape index (κ2) is 5.25. The van der Waals surface area contributed by atoms with Crippen molar-refractivity contribution in [1.82, 2.24) is 10.2 Å². The lowest BCUT2D eigenvalue weighted by molar-refractivity contribution is -0.141. The molecule has 0 radical (unpaired) electrons. The van der Waals surface area contributed by atoms with Crippen molar-refractivity contribution >= 4 is 11.9 Å². The van der Waals surface area contributed by atoms with Gasteiger partial charge in [-0.25, -0.2) is 0 Å². The Labute approximate surface area is 117 Å². The Morgan fingerprint density at radius 2 is 2.20 bits per heavy atom. The molecule has 0 aliphatic carbocycles. The molecule has 0 aromatic heterocycles. The first-order valence-corrected chi connectivity index (χ1v) is 7.00. The number of nitrogens with zero attached hydrogens (tertiary/aromatic N) is 1. The van der Waals surface area contributed by atoms with Crippen LogP contribution in [0.15, 0.2) is 18.2 Å². The van der Waals surface area contributed by atoms with Gasteiger partial charge in [0.25, 0.3) is 5.91 Å². The molecule has 1 saturated heterocycles. The Bertz CT molecular complexity index is 556. The highest BCUT2D eigenvalue weighted by atomic mass is 16.4. The molecule has 5 nitrogen and oxygen atoms in total. The number of carbonyl (C=O) groups is 2. The van der Waals surface area contributed by atoms with Crippen LogP contribution in [0, 0.1) is 5.92 Å². The van der Waals surface area contributed by atoms with Gasteiger partial charge in [-0.05, 0) is 36.6 Å². The average molecular weight is 274 g/mol. The lowest BCUT2D eigenvalue weighted by Gasteiger charge is -2.23. The minimum Gasteiger partial charge on any atom is -0.481 e. The quantitative estimate of drug-likeness (QED) is 0.840. The third-order valence-corrected chi connectivity index (χ3v) is 4.20. The Morgan fingerprint density at radius 1 is 1.35 bits per heavy atom. The smallest absolute Gasteiger partial charge is 0.308 e. The molecule has 0 spiro atoms. The van der Waals surface area contributed by atoms with Crippen molar-refractivity contribution in [2.75, 3.05) is 19.6 Å². The van der Waals surface area contributed by atoms with Crippen molar-refractivity contribution in [2.24, 2.45) is 5.92 Å². The van der Waals surface area contributed by atoms with Gasteiger partial charge in [0.1, 0.15) is 0 Å². The molecule has 2 aliphatic rings. The summed E-state index contributed by atoms with van der Waals surface area (Å²) in [6, 6.07) is 5.81. The standard InChI is InChI=1S/C15H18N2O3/c18-14(17-7-5-11(9-17)15(19)20)13-3-1-2-10-8-16-6-4-12(10)13/h1-3,11,16H,4-9H2,(H,19,20). The van der Waals surface area contributed by atoms with Gasteiger partial charge in [0.2, 0.25) is 0 Å². The SMILES string of the molecule is O=C(O)C1CCN(C(=O)c2cccc3c2CCNC3)C1. The maximum absolute atomic E-state index is 12.6. The van der Waals surface area contributed by atoms with Gasteiger partial charge in [-0.15, -0.1) is 0 Å². The molecule has 3 rings (SSSR count). The van der Waals surface area contributed by atoms with Gasteiger partial charge in [0, 0.05) is 25.2 Å². The molecule has 1 aromatic rings. The van der Waals surface area contributed by atoms with E-state index in [1.807, 2.05) is 18.2 Å². The summed E-state index contributed by atoms with van der Waals surface area (Å²) in [5, 5.41) is 12.3. The Morgan fingerprint density at radius 3 is 2.95 bits per heavy atom. The van der Waals surface area contributed by atoms with E-state index in [1.54, 1.807) is 4.90 Å². The van der Waals surface area contributed by atoms with Gasteiger partial charge < -0.3 is 15.3 Å². The number of carbonyl (C=O) groups excluding carboxylic acids is 1. The van der Waals surface area contributed by atoms with E-state index in [2.05, 4.69) is 5.32 Å². The average Bonchev–Trinajstić information content (AvgIpc) is 2.96. The van der Waals surface area contributed by atoms with Crippen LogP contribution in [0.4, 0.5) is 0 Å². The fraction of sp³-hybridized carbons (Fsp3) is 0.467. The number of nitrogens with one attached hydrogen (secondary N) is 1. The number of carboxylic acid groups (broad SMARTS) is 1. The van der Waals surface area contributed by atoms with E-state index in [-0.39, 0.29) is 5.91 Å². The largest absolute Gasteiger partial charge is 0.481 e. The zero-order valence-corrected chi connectivity index (χ0v) is 11.3. The number of hydrogen-bond donors (Lipinski definition) is 2. The summed E-state index contributed by atoms with van der Waals surface area (Å²) >= 11 is 0. The molecule has 2 N–H and O–H groups in total. The van der Waals surface area contributed by atoms with Crippen LogP contribution in [-0.2, 0) is 17.8 Å². The highest BCUT2D eigenvalue weighted by molar-refractivity contribution is 5.96. The van der Waals surface area contributed by atoms with Gasteiger partial charge in [0.05, 0.1) is 5.92 Å². The number of likely N-dealkylation sites (tertiary alicyclic amines) is 1. The van der Waals surface area contributed by atoms with Crippen LogP contribution in [0.25, 0.3) is 0 Å². The van der Waals surface area contributed by atoms with Gasteiger partial charge >= 0.3 is 5.97 Å². The van der Waals surface area contributed by atoms with E-state index in [1.165, 1.54) is 5.56 Å². The van der Waals surface area contributed by atoms with Crippen LogP contribution in [-0.4, -0.2) is 41.5 Å². The van der Waals surface area contributed by atoms with Crippen LogP contribution in [0.2, 0.25) is 0 Å². The van der Waals surface area contributed by atoms with Crippen LogP contribution in [0.5, 0.6) is 0 Å². The van der Waals surface area contributed by atoms with Crippen molar-refractivity contribution in [3.8, 4) is 0 Å². The molecule has 1 amide bonds. The Hall–Kier alpha value is -1.88. The second-order valence-corrected chi connectivity index (χ2v) is 5.45. The molecule has 1 fully saturated rings. The molecule has 1 unspecified atom stereocenters. The predicted molar refractivity (Wildman–Crippen MR) is 73.5 cm³/mol. The van der Waals surface area contributed by atoms with Crippen molar-refractivity contribution in [2.45, 2.75) is 19.4 Å². The molecular weight excluding hydrogens is 256 g/mol. The summed E-state index contributed by atoms with van der Waals surface area (Å²) in [4.78, 5) is 25.3. The summed E-state index contributed by atoms with van der Waals surface area (Å²) in [6.45, 7) is 2.55. The lowest BCUT2D eigenvalue weighted by atomic mass is 9.95. The van der Waals surface area contributed by atoms with Crippen molar-refractivity contribution in [1.29, 1.82) is 0 Å². The number of carboxylic acids is 1. The van der Waals surface area contributed by atoms with Gasteiger partial charge in [-0.1, -0.05) is 12.1 Å². The summed E-state index contributed by atoms with van der Waals surface area (Å²) in [7, 11) is 0. The van der Waals surface area contributed by atoms with Crippen molar-refractivity contribution in [3.05, 3.63) is 34.9 Å².